The zero-order valence-corrected chi connectivity index (χ0v) is 14.6. The average Bonchev–Trinajstić information content (AvgIpc) is 2.99. The van der Waals surface area contributed by atoms with Crippen LogP contribution in [-0.2, 0) is 23.0 Å². The Bertz CT molecular complexity index is 754. The molecule has 0 spiro atoms. The lowest BCUT2D eigenvalue weighted by Crippen LogP contribution is -2.26. The Balaban J connectivity index is 1.98. The number of sulfonamides is 1. The Hall–Kier alpha value is -1.86. The number of aryl methyl sites for hydroxylation is 3. The van der Waals surface area contributed by atoms with Crippen molar-refractivity contribution < 1.29 is 13.2 Å². The number of ether oxygens (including phenoxy) is 1. The number of aromatic nitrogens is 2. The lowest BCUT2D eigenvalue weighted by molar-refractivity contribution is 0.402. The number of methoxy groups -OCH3 is 1. The van der Waals surface area contributed by atoms with Gasteiger partial charge in [-0.25, -0.2) is 18.1 Å². The molecule has 1 heterocycles. The first-order valence-electron chi connectivity index (χ1n) is 7.62. The van der Waals surface area contributed by atoms with Gasteiger partial charge in [0.1, 0.15) is 16.5 Å². The van der Waals surface area contributed by atoms with Crippen LogP contribution < -0.4 is 9.46 Å². The molecule has 0 radical (unpaired) electrons. The molecule has 2 rings (SSSR count). The van der Waals surface area contributed by atoms with Crippen LogP contribution in [0.25, 0.3) is 0 Å². The van der Waals surface area contributed by atoms with Crippen molar-refractivity contribution in [3.63, 3.8) is 0 Å². The summed E-state index contributed by atoms with van der Waals surface area (Å²) in [6, 6.07) is 5.11. The molecular formula is C16H23N3O3S. The molecule has 7 heteroatoms. The summed E-state index contributed by atoms with van der Waals surface area (Å²) in [6.45, 7) is 4.99. The van der Waals surface area contributed by atoms with Crippen LogP contribution in [0.1, 0.15) is 24.7 Å². The van der Waals surface area contributed by atoms with Gasteiger partial charge in [-0.15, -0.1) is 0 Å². The Labute approximate surface area is 137 Å². The van der Waals surface area contributed by atoms with E-state index in [1.165, 1.54) is 7.11 Å². The monoisotopic (exact) mass is 337 g/mol. The lowest BCUT2D eigenvalue weighted by atomic mass is 10.2. The fourth-order valence-corrected chi connectivity index (χ4v) is 3.71. The summed E-state index contributed by atoms with van der Waals surface area (Å²) in [4.78, 5) is 4.43. The molecule has 1 aromatic heterocycles. The number of rotatable bonds is 8. The first-order valence-corrected chi connectivity index (χ1v) is 9.10. The van der Waals surface area contributed by atoms with Gasteiger partial charge in [0.05, 0.1) is 7.11 Å². The van der Waals surface area contributed by atoms with Gasteiger partial charge in [-0.3, -0.25) is 0 Å². The van der Waals surface area contributed by atoms with Gasteiger partial charge >= 0.3 is 0 Å². The van der Waals surface area contributed by atoms with E-state index in [4.69, 9.17) is 4.74 Å². The van der Waals surface area contributed by atoms with Crippen LogP contribution in [0.3, 0.4) is 0 Å². The van der Waals surface area contributed by atoms with E-state index in [2.05, 4.69) is 9.71 Å². The predicted octanol–water partition coefficient (Wildman–Crippen LogP) is 2.13. The molecule has 0 aliphatic heterocycles. The standard InChI is InChI=1S/C16H23N3O3S/c1-4-16-17-9-11-19(16)10-5-8-18-23(20,21)15-12-13(2)6-7-14(15)22-3/h6-7,9,11-12,18H,4-5,8,10H2,1-3H3. The molecule has 126 valence electrons. The second-order valence-corrected chi connectivity index (χ2v) is 7.03. The largest absolute Gasteiger partial charge is 0.495 e. The third kappa shape index (κ3) is 4.33. The first kappa shape index (κ1) is 17.5. The highest BCUT2D eigenvalue weighted by Crippen LogP contribution is 2.24. The molecule has 2 aromatic rings. The topological polar surface area (TPSA) is 73.2 Å². The van der Waals surface area contributed by atoms with E-state index in [0.717, 1.165) is 24.4 Å². The van der Waals surface area contributed by atoms with E-state index in [1.54, 1.807) is 18.3 Å². The summed E-state index contributed by atoms with van der Waals surface area (Å²) in [5.74, 6) is 1.36. The Morgan fingerprint density at radius 2 is 2.13 bits per heavy atom. The van der Waals surface area contributed by atoms with Gasteiger partial charge < -0.3 is 9.30 Å². The van der Waals surface area contributed by atoms with Crippen LogP contribution in [-0.4, -0.2) is 31.6 Å². The predicted molar refractivity (Wildman–Crippen MR) is 89.1 cm³/mol. The van der Waals surface area contributed by atoms with Gasteiger partial charge in [0.2, 0.25) is 10.0 Å². The van der Waals surface area contributed by atoms with Crippen LogP contribution in [0.2, 0.25) is 0 Å². The van der Waals surface area contributed by atoms with Crippen molar-refractivity contribution >= 4 is 10.0 Å². The van der Waals surface area contributed by atoms with E-state index < -0.39 is 10.0 Å². The number of nitrogens with one attached hydrogen (secondary N) is 1. The quantitative estimate of drug-likeness (QED) is 0.749. The van der Waals surface area contributed by atoms with Gasteiger partial charge in [-0.1, -0.05) is 13.0 Å². The van der Waals surface area contributed by atoms with Crippen LogP contribution >= 0.6 is 0 Å². The van der Waals surface area contributed by atoms with Crippen molar-refractivity contribution in [3.05, 3.63) is 42.0 Å². The normalized spacial score (nSPS) is 11.6. The van der Waals surface area contributed by atoms with E-state index >= 15 is 0 Å². The molecule has 0 atom stereocenters. The maximum Gasteiger partial charge on any atom is 0.244 e. The minimum Gasteiger partial charge on any atom is -0.495 e. The zero-order valence-electron chi connectivity index (χ0n) is 13.7. The van der Waals surface area contributed by atoms with Gasteiger partial charge in [0, 0.05) is 31.9 Å². The first-order chi connectivity index (χ1) is 11.0. The number of hydrogen-bond acceptors (Lipinski definition) is 4. The Kier molecular flexibility index (Phi) is 5.79. The smallest absolute Gasteiger partial charge is 0.244 e. The Morgan fingerprint density at radius 3 is 2.83 bits per heavy atom. The highest BCUT2D eigenvalue weighted by Gasteiger charge is 2.19. The molecule has 0 aliphatic rings. The molecule has 0 fully saturated rings. The van der Waals surface area contributed by atoms with Crippen molar-refractivity contribution in [2.45, 2.75) is 38.1 Å². The number of benzene rings is 1. The molecule has 0 amide bonds. The molecule has 1 aromatic carbocycles. The zero-order chi connectivity index (χ0) is 16.9. The van der Waals surface area contributed by atoms with Gasteiger partial charge in [0.25, 0.3) is 0 Å². The fraction of sp³-hybridized carbons (Fsp3) is 0.438. The summed E-state index contributed by atoms with van der Waals surface area (Å²) in [7, 11) is -2.11. The minimum absolute atomic E-state index is 0.178. The van der Waals surface area contributed by atoms with Gasteiger partial charge in [0.15, 0.2) is 0 Å². The van der Waals surface area contributed by atoms with Gasteiger partial charge in [-0.05, 0) is 31.0 Å². The van der Waals surface area contributed by atoms with Crippen LogP contribution in [0.5, 0.6) is 5.75 Å². The van der Waals surface area contributed by atoms with E-state index in [9.17, 15) is 8.42 Å². The Morgan fingerprint density at radius 1 is 1.35 bits per heavy atom. The highest BCUT2D eigenvalue weighted by atomic mass is 32.2. The maximum absolute atomic E-state index is 12.4. The van der Waals surface area contributed by atoms with Crippen molar-refractivity contribution in [2.75, 3.05) is 13.7 Å². The second kappa shape index (κ2) is 7.61. The summed E-state index contributed by atoms with van der Waals surface area (Å²) < 4.78 is 34.7. The summed E-state index contributed by atoms with van der Waals surface area (Å²) in [5.41, 5.74) is 0.872. The minimum atomic E-state index is -3.58. The molecule has 0 unspecified atom stereocenters. The van der Waals surface area contributed by atoms with E-state index in [-0.39, 0.29) is 4.90 Å². The number of imidazole rings is 1. The summed E-state index contributed by atoms with van der Waals surface area (Å²) in [5, 5.41) is 0. The number of nitrogens with zero attached hydrogens (tertiary/aromatic N) is 2. The third-order valence-corrected chi connectivity index (χ3v) is 5.08. The summed E-state index contributed by atoms with van der Waals surface area (Å²) >= 11 is 0. The maximum atomic E-state index is 12.4. The molecule has 0 saturated carbocycles. The fourth-order valence-electron chi connectivity index (χ4n) is 2.39. The highest BCUT2D eigenvalue weighted by molar-refractivity contribution is 7.89. The molecule has 0 saturated heterocycles. The molecule has 0 bridgehead atoms. The van der Waals surface area contributed by atoms with Crippen LogP contribution in [0, 0.1) is 6.92 Å². The van der Waals surface area contributed by atoms with Crippen molar-refractivity contribution in [1.82, 2.24) is 14.3 Å². The van der Waals surface area contributed by atoms with Crippen molar-refractivity contribution in [1.29, 1.82) is 0 Å². The third-order valence-electron chi connectivity index (χ3n) is 3.59. The molecule has 23 heavy (non-hydrogen) atoms. The van der Waals surface area contributed by atoms with Crippen LogP contribution in [0.4, 0.5) is 0 Å². The van der Waals surface area contributed by atoms with E-state index in [0.29, 0.717) is 18.7 Å². The van der Waals surface area contributed by atoms with Gasteiger partial charge in [-0.2, -0.15) is 0 Å². The molecular weight excluding hydrogens is 314 g/mol. The van der Waals surface area contributed by atoms with E-state index in [1.807, 2.05) is 30.7 Å². The van der Waals surface area contributed by atoms with Crippen molar-refractivity contribution in [3.8, 4) is 5.75 Å². The average molecular weight is 337 g/mol. The summed E-state index contributed by atoms with van der Waals surface area (Å²) in [6.07, 6.45) is 5.23. The van der Waals surface area contributed by atoms with Crippen LogP contribution in [0.15, 0.2) is 35.5 Å². The SMILES string of the molecule is CCc1nccn1CCCNS(=O)(=O)c1cc(C)ccc1OC. The van der Waals surface area contributed by atoms with Crippen molar-refractivity contribution in [2.24, 2.45) is 0 Å². The molecule has 0 aliphatic carbocycles. The molecule has 6 nitrogen and oxygen atoms in total. The lowest BCUT2D eigenvalue weighted by Gasteiger charge is -2.12. The second-order valence-electron chi connectivity index (χ2n) is 5.30. The number of hydrogen-bond donors (Lipinski definition) is 1. The molecule has 1 N–H and O–H groups in total.